The highest BCUT2D eigenvalue weighted by Crippen LogP contribution is 2.22. The molecule has 0 saturated carbocycles. The molecule has 2 aromatic rings. The van der Waals surface area contributed by atoms with Crippen LogP contribution in [0, 0.1) is 0 Å². The third kappa shape index (κ3) is 3.45. The summed E-state index contributed by atoms with van der Waals surface area (Å²) in [6, 6.07) is 11.7. The number of hydrogen-bond acceptors (Lipinski definition) is 4. The highest BCUT2D eigenvalue weighted by molar-refractivity contribution is 5.95. The second-order valence-corrected chi connectivity index (χ2v) is 4.75. The molecule has 1 unspecified atom stereocenters. The molecule has 0 spiro atoms. The number of carbonyl (C=O) groups is 1. The number of hydrogen-bond donors (Lipinski definition) is 3. The van der Waals surface area contributed by atoms with Crippen LogP contribution in [0.15, 0.2) is 42.5 Å². The first-order valence-electron chi connectivity index (χ1n) is 6.54. The van der Waals surface area contributed by atoms with Gasteiger partial charge in [-0.2, -0.15) is 0 Å². The summed E-state index contributed by atoms with van der Waals surface area (Å²) in [5.74, 6) is 0.357. The van der Waals surface area contributed by atoms with Gasteiger partial charge in [0.15, 0.2) is 0 Å². The van der Waals surface area contributed by atoms with Crippen molar-refractivity contribution in [2.24, 2.45) is 0 Å². The predicted molar refractivity (Wildman–Crippen MR) is 81.4 cm³/mol. The minimum absolute atomic E-state index is 0.100. The molecular formula is C16H18N2O3. The standard InChI is InChI=1S/C16H18N2O3/c1-10(11-4-3-5-13(8-11)21-2)18-16(20)12-6-7-14(17)15(19)9-12/h3-10,19H,17H2,1-2H3,(H,18,20). The zero-order valence-corrected chi connectivity index (χ0v) is 12.0. The van der Waals surface area contributed by atoms with Gasteiger partial charge in [0, 0.05) is 5.56 Å². The fourth-order valence-corrected chi connectivity index (χ4v) is 1.96. The van der Waals surface area contributed by atoms with Crippen molar-refractivity contribution in [3.63, 3.8) is 0 Å². The van der Waals surface area contributed by atoms with E-state index in [1.54, 1.807) is 13.2 Å². The molecule has 5 heteroatoms. The lowest BCUT2D eigenvalue weighted by Crippen LogP contribution is -2.26. The van der Waals surface area contributed by atoms with E-state index in [0.717, 1.165) is 11.3 Å². The van der Waals surface area contributed by atoms with Crippen molar-refractivity contribution in [2.45, 2.75) is 13.0 Å². The molecular weight excluding hydrogens is 268 g/mol. The number of anilines is 1. The third-order valence-electron chi connectivity index (χ3n) is 3.23. The van der Waals surface area contributed by atoms with E-state index in [1.165, 1.54) is 12.1 Å². The van der Waals surface area contributed by atoms with Crippen LogP contribution >= 0.6 is 0 Å². The van der Waals surface area contributed by atoms with E-state index in [9.17, 15) is 9.90 Å². The Morgan fingerprint density at radius 2 is 2.05 bits per heavy atom. The van der Waals surface area contributed by atoms with Crippen LogP contribution in [0.25, 0.3) is 0 Å². The van der Waals surface area contributed by atoms with Crippen LogP contribution in [0.2, 0.25) is 0 Å². The Balaban J connectivity index is 2.12. The molecule has 2 rings (SSSR count). The minimum atomic E-state index is -0.277. The van der Waals surface area contributed by atoms with Gasteiger partial charge >= 0.3 is 0 Å². The van der Waals surface area contributed by atoms with Crippen molar-refractivity contribution in [3.8, 4) is 11.5 Å². The van der Waals surface area contributed by atoms with Crippen LogP contribution in [-0.4, -0.2) is 18.1 Å². The lowest BCUT2D eigenvalue weighted by atomic mass is 10.1. The third-order valence-corrected chi connectivity index (χ3v) is 3.23. The first-order chi connectivity index (χ1) is 10.0. The topological polar surface area (TPSA) is 84.6 Å². The number of rotatable bonds is 4. The van der Waals surface area contributed by atoms with Gasteiger partial charge in [-0.05, 0) is 42.8 Å². The van der Waals surface area contributed by atoms with E-state index in [1.807, 2.05) is 31.2 Å². The van der Waals surface area contributed by atoms with Gasteiger partial charge < -0.3 is 20.9 Å². The average Bonchev–Trinajstić information content (AvgIpc) is 2.49. The lowest BCUT2D eigenvalue weighted by molar-refractivity contribution is 0.0939. The van der Waals surface area contributed by atoms with Crippen molar-refractivity contribution in [2.75, 3.05) is 12.8 Å². The molecule has 0 saturated heterocycles. The molecule has 5 nitrogen and oxygen atoms in total. The summed E-state index contributed by atoms with van der Waals surface area (Å²) >= 11 is 0. The van der Waals surface area contributed by atoms with E-state index in [-0.39, 0.29) is 23.4 Å². The van der Waals surface area contributed by atoms with Crippen LogP contribution in [0.1, 0.15) is 28.9 Å². The molecule has 2 aromatic carbocycles. The van der Waals surface area contributed by atoms with Crippen molar-refractivity contribution < 1.29 is 14.6 Å². The smallest absolute Gasteiger partial charge is 0.251 e. The zero-order chi connectivity index (χ0) is 15.4. The number of phenols is 1. The molecule has 0 radical (unpaired) electrons. The molecule has 110 valence electrons. The monoisotopic (exact) mass is 286 g/mol. The van der Waals surface area contributed by atoms with Crippen LogP contribution in [0.4, 0.5) is 5.69 Å². The second-order valence-electron chi connectivity index (χ2n) is 4.75. The summed E-state index contributed by atoms with van der Waals surface area (Å²) in [6.07, 6.45) is 0. The Hall–Kier alpha value is -2.69. The molecule has 21 heavy (non-hydrogen) atoms. The second kappa shape index (κ2) is 6.17. The number of amides is 1. The Labute approximate surface area is 123 Å². The Bertz CT molecular complexity index is 656. The molecule has 1 atom stereocenters. The summed E-state index contributed by atoms with van der Waals surface area (Å²) in [5.41, 5.74) is 7.05. The van der Waals surface area contributed by atoms with E-state index in [2.05, 4.69) is 5.32 Å². The van der Waals surface area contributed by atoms with Crippen LogP contribution < -0.4 is 15.8 Å². The van der Waals surface area contributed by atoms with Crippen molar-refractivity contribution in [1.29, 1.82) is 0 Å². The lowest BCUT2D eigenvalue weighted by Gasteiger charge is -2.15. The van der Waals surface area contributed by atoms with Crippen LogP contribution in [0.5, 0.6) is 11.5 Å². The number of nitrogen functional groups attached to an aromatic ring is 1. The maximum absolute atomic E-state index is 12.2. The molecule has 0 heterocycles. The van der Waals surface area contributed by atoms with Gasteiger partial charge in [0.2, 0.25) is 0 Å². The summed E-state index contributed by atoms with van der Waals surface area (Å²) in [6.45, 7) is 1.88. The summed E-state index contributed by atoms with van der Waals surface area (Å²) in [4.78, 5) is 12.2. The van der Waals surface area contributed by atoms with Crippen LogP contribution in [0.3, 0.4) is 0 Å². The molecule has 0 fully saturated rings. The first-order valence-corrected chi connectivity index (χ1v) is 6.54. The normalized spacial score (nSPS) is 11.7. The van der Waals surface area contributed by atoms with Gasteiger partial charge in [-0.15, -0.1) is 0 Å². The fourth-order valence-electron chi connectivity index (χ4n) is 1.96. The number of ether oxygens (including phenoxy) is 1. The average molecular weight is 286 g/mol. The van der Waals surface area contributed by atoms with Crippen molar-refractivity contribution in [3.05, 3.63) is 53.6 Å². The van der Waals surface area contributed by atoms with E-state index >= 15 is 0 Å². The molecule has 0 aliphatic rings. The molecule has 1 amide bonds. The Kier molecular flexibility index (Phi) is 4.33. The summed E-state index contributed by atoms with van der Waals surface area (Å²) in [7, 11) is 1.60. The number of nitrogens with one attached hydrogen (secondary N) is 1. The predicted octanol–water partition coefficient (Wildman–Crippen LogP) is 2.47. The maximum atomic E-state index is 12.2. The maximum Gasteiger partial charge on any atom is 0.251 e. The molecule has 4 N–H and O–H groups in total. The van der Waals surface area contributed by atoms with E-state index < -0.39 is 0 Å². The molecule has 0 bridgehead atoms. The van der Waals surface area contributed by atoms with Gasteiger partial charge in [-0.25, -0.2) is 0 Å². The molecule has 0 aliphatic heterocycles. The first kappa shape index (κ1) is 14.7. The Morgan fingerprint density at radius 1 is 1.29 bits per heavy atom. The number of methoxy groups -OCH3 is 1. The van der Waals surface area contributed by atoms with Gasteiger partial charge in [-0.3, -0.25) is 4.79 Å². The van der Waals surface area contributed by atoms with Gasteiger partial charge in [0.05, 0.1) is 18.8 Å². The van der Waals surface area contributed by atoms with Crippen molar-refractivity contribution in [1.82, 2.24) is 5.32 Å². The van der Waals surface area contributed by atoms with Gasteiger partial charge in [-0.1, -0.05) is 12.1 Å². The van der Waals surface area contributed by atoms with Gasteiger partial charge in [0.1, 0.15) is 11.5 Å². The summed E-state index contributed by atoms with van der Waals surface area (Å²) < 4.78 is 5.16. The molecule has 0 aromatic heterocycles. The largest absolute Gasteiger partial charge is 0.506 e. The number of aromatic hydroxyl groups is 1. The van der Waals surface area contributed by atoms with E-state index in [0.29, 0.717) is 5.56 Å². The fraction of sp³-hybridized carbons (Fsp3) is 0.188. The van der Waals surface area contributed by atoms with Crippen LogP contribution in [-0.2, 0) is 0 Å². The highest BCUT2D eigenvalue weighted by atomic mass is 16.5. The van der Waals surface area contributed by atoms with Gasteiger partial charge in [0.25, 0.3) is 5.91 Å². The quantitative estimate of drug-likeness (QED) is 0.595. The van der Waals surface area contributed by atoms with E-state index in [4.69, 9.17) is 10.5 Å². The van der Waals surface area contributed by atoms with Crippen molar-refractivity contribution >= 4 is 11.6 Å². The minimum Gasteiger partial charge on any atom is -0.506 e. The zero-order valence-electron chi connectivity index (χ0n) is 12.0. The highest BCUT2D eigenvalue weighted by Gasteiger charge is 2.13. The Morgan fingerprint density at radius 3 is 2.71 bits per heavy atom. The molecule has 0 aliphatic carbocycles. The number of phenolic OH excluding ortho intramolecular Hbond substituents is 1. The number of benzene rings is 2. The number of nitrogens with two attached hydrogens (primary N) is 1. The number of carbonyl (C=O) groups excluding carboxylic acids is 1. The summed E-state index contributed by atoms with van der Waals surface area (Å²) in [5, 5.41) is 12.4. The SMILES string of the molecule is COc1cccc(C(C)NC(=O)c2ccc(N)c(O)c2)c1.